The van der Waals surface area contributed by atoms with Gasteiger partial charge in [-0.25, -0.2) is 0 Å². The van der Waals surface area contributed by atoms with Crippen LogP contribution >= 0.6 is 0 Å². The van der Waals surface area contributed by atoms with E-state index < -0.39 is 37.3 Å². The highest BCUT2D eigenvalue weighted by Crippen LogP contribution is 2.30. The summed E-state index contributed by atoms with van der Waals surface area (Å²) in [6.45, 7) is 2.02. The van der Waals surface area contributed by atoms with Crippen LogP contribution in [0.2, 0.25) is 0 Å². The van der Waals surface area contributed by atoms with Crippen LogP contribution in [-0.4, -0.2) is 49.5 Å². The van der Waals surface area contributed by atoms with Gasteiger partial charge in [0.2, 0.25) is 0 Å². The molecule has 1 aliphatic heterocycles. The SMILES string of the molecule is CCCN1CC(CC(F)(F)F)CC(NCC(F)(F)F)C1. The molecule has 0 saturated carbocycles. The van der Waals surface area contributed by atoms with E-state index in [1.54, 1.807) is 0 Å². The van der Waals surface area contributed by atoms with Crippen LogP contribution < -0.4 is 5.32 Å². The molecule has 2 unspecified atom stereocenters. The van der Waals surface area contributed by atoms with Gasteiger partial charge in [0.05, 0.1) is 6.54 Å². The predicted octanol–water partition coefficient (Wildman–Crippen LogP) is 3.19. The average Bonchev–Trinajstić information content (AvgIpc) is 2.23. The van der Waals surface area contributed by atoms with Crippen molar-refractivity contribution in [2.45, 2.75) is 44.6 Å². The fraction of sp³-hybridized carbons (Fsp3) is 1.00. The molecule has 1 saturated heterocycles. The minimum Gasteiger partial charge on any atom is -0.305 e. The predicted molar refractivity (Wildman–Crippen MR) is 63.4 cm³/mol. The van der Waals surface area contributed by atoms with Crippen molar-refractivity contribution in [2.24, 2.45) is 5.92 Å². The standard InChI is InChI=1S/C12H20F6N2/c1-2-3-20-6-9(5-11(13,14)15)4-10(7-20)19-8-12(16,17)18/h9-10,19H,2-8H2,1H3. The molecule has 0 aromatic heterocycles. The fourth-order valence-electron chi connectivity index (χ4n) is 2.68. The quantitative estimate of drug-likeness (QED) is 0.785. The lowest BCUT2D eigenvalue weighted by Crippen LogP contribution is -2.51. The Bertz CT molecular complexity index is 289. The maximum absolute atomic E-state index is 12.4. The van der Waals surface area contributed by atoms with Gasteiger partial charge in [-0.15, -0.1) is 0 Å². The minimum atomic E-state index is -4.34. The Morgan fingerprint density at radius 1 is 1.05 bits per heavy atom. The van der Waals surface area contributed by atoms with Crippen LogP contribution in [0.25, 0.3) is 0 Å². The van der Waals surface area contributed by atoms with E-state index in [0.717, 1.165) is 6.42 Å². The molecule has 2 atom stereocenters. The Morgan fingerprint density at radius 2 is 1.70 bits per heavy atom. The van der Waals surface area contributed by atoms with Gasteiger partial charge in [-0.05, 0) is 25.3 Å². The molecule has 1 fully saturated rings. The van der Waals surface area contributed by atoms with Crippen LogP contribution in [0.1, 0.15) is 26.2 Å². The smallest absolute Gasteiger partial charge is 0.305 e. The number of hydrogen-bond donors (Lipinski definition) is 1. The normalized spacial score (nSPS) is 25.9. The number of alkyl halides is 6. The molecular weight excluding hydrogens is 286 g/mol. The first-order valence-corrected chi connectivity index (χ1v) is 6.68. The summed E-state index contributed by atoms with van der Waals surface area (Å²) >= 11 is 0. The molecule has 1 heterocycles. The topological polar surface area (TPSA) is 15.3 Å². The van der Waals surface area contributed by atoms with E-state index in [2.05, 4.69) is 5.32 Å². The maximum Gasteiger partial charge on any atom is 0.401 e. The van der Waals surface area contributed by atoms with Crippen LogP contribution in [0.5, 0.6) is 0 Å². The van der Waals surface area contributed by atoms with Gasteiger partial charge >= 0.3 is 12.4 Å². The summed E-state index contributed by atoms with van der Waals surface area (Å²) in [5.41, 5.74) is 0. The van der Waals surface area contributed by atoms with Gasteiger partial charge in [0.25, 0.3) is 0 Å². The lowest BCUT2D eigenvalue weighted by Gasteiger charge is -2.38. The van der Waals surface area contributed by atoms with Crippen LogP contribution in [0.3, 0.4) is 0 Å². The zero-order valence-corrected chi connectivity index (χ0v) is 11.3. The molecule has 0 aromatic rings. The molecule has 0 bridgehead atoms. The second kappa shape index (κ2) is 6.98. The van der Waals surface area contributed by atoms with E-state index in [9.17, 15) is 26.3 Å². The first kappa shape index (κ1) is 17.6. The van der Waals surface area contributed by atoms with Crippen LogP contribution in [-0.2, 0) is 0 Å². The van der Waals surface area contributed by atoms with Gasteiger partial charge in [0, 0.05) is 25.6 Å². The molecule has 0 amide bonds. The van der Waals surface area contributed by atoms with E-state index in [-0.39, 0.29) is 6.42 Å². The van der Waals surface area contributed by atoms with Crippen molar-refractivity contribution in [2.75, 3.05) is 26.2 Å². The van der Waals surface area contributed by atoms with Crippen molar-refractivity contribution < 1.29 is 26.3 Å². The molecule has 2 nitrogen and oxygen atoms in total. The molecule has 0 radical (unpaired) electrons. The number of piperidine rings is 1. The minimum absolute atomic E-state index is 0.135. The summed E-state index contributed by atoms with van der Waals surface area (Å²) in [5, 5.41) is 2.33. The van der Waals surface area contributed by atoms with E-state index in [0.29, 0.717) is 19.6 Å². The summed E-state index contributed by atoms with van der Waals surface area (Å²) < 4.78 is 73.8. The Balaban J connectivity index is 2.56. The van der Waals surface area contributed by atoms with Crippen LogP contribution in [0.4, 0.5) is 26.3 Å². The zero-order valence-electron chi connectivity index (χ0n) is 11.3. The molecule has 120 valence electrons. The maximum atomic E-state index is 12.4. The van der Waals surface area contributed by atoms with Gasteiger partial charge in [-0.2, -0.15) is 26.3 Å². The zero-order chi connectivity index (χ0) is 15.4. The Hall–Kier alpha value is -0.500. The molecule has 1 aliphatic rings. The van der Waals surface area contributed by atoms with Gasteiger partial charge < -0.3 is 10.2 Å². The average molecular weight is 306 g/mol. The molecule has 0 aliphatic carbocycles. The number of hydrogen-bond acceptors (Lipinski definition) is 2. The molecule has 8 heteroatoms. The van der Waals surface area contributed by atoms with Gasteiger partial charge in [-0.3, -0.25) is 0 Å². The second-order valence-corrected chi connectivity index (χ2v) is 5.37. The monoisotopic (exact) mass is 306 g/mol. The van der Waals surface area contributed by atoms with Gasteiger partial charge in [0.1, 0.15) is 0 Å². The Morgan fingerprint density at radius 3 is 2.20 bits per heavy atom. The van der Waals surface area contributed by atoms with Crippen molar-refractivity contribution in [3.63, 3.8) is 0 Å². The third-order valence-electron chi connectivity index (χ3n) is 3.26. The summed E-state index contributed by atoms with van der Waals surface area (Å²) in [5.74, 6) is -0.638. The van der Waals surface area contributed by atoms with E-state index in [4.69, 9.17) is 0 Å². The molecule has 0 aromatic carbocycles. The van der Waals surface area contributed by atoms with E-state index in [1.807, 2.05) is 11.8 Å². The number of halogens is 6. The van der Waals surface area contributed by atoms with Crippen molar-refractivity contribution in [1.29, 1.82) is 0 Å². The van der Waals surface area contributed by atoms with Gasteiger partial charge in [0.15, 0.2) is 0 Å². The van der Waals surface area contributed by atoms with Crippen LogP contribution in [0.15, 0.2) is 0 Å². The summed E-state index contributed by atoms with van der Waals surface area (Å²) in [6.07, 6.45) is -8.64. The molecular formula is C12H20F6N2. The summed E-state index contributed by atoms with van der Waals surface area (Å²) in [6, 6.07) is -0.538. The largest absolute Gasteiger partial charge is 0.401 e. The molecule has 1 rings (SSSR count). The fourth-order valence-corrected chi connectivity index (χ4v) is 2.68. The van der Waals surface area contributed by atoms with Gasteiger partial charge in [-0.1, -0.05) is 6.92 Å². The van der Waals surface area contributed by atoms with Crippen molar-refractivity contribution in [1.82, 2.24) is 10.2 Å². The third-order valence-corrected chi connectivity index (χ3v) is 3.26. The van der Waals surface area contributed by atoms with Crippen molar-refractivity contribution in [3.05, 3.63) is 0 Å². The highest BCUT2D eigenvalue weighted by Gasteiger charge is 2.37. The highest BCUT2D eigenvalue weighted by atomic mass is 19.4. The molecule has 20 heavy (non-hydrogen) atoms. The first-order valence-electron chi connectivity index (χ1n) is 6.68. The lowest BCUT2D eigenvalue weighted by atomic mass is 9.91. The lowest BCUT2D eigenvalue weighted by molar-refractivity contribution is -0.150. The Labute approximate surface area is 114 Å². The first-order chi connectivity index (χ1) is 9.09. The second-order valence-electron chi connectivity index (χ2n) is 5.37. The van der Waals surface area contributed by atoms with E-state index in [1.165, 1.54) is 0 Å². The highest BCUT2D eigenvalue weighted by molar-refractivity contribution is 4.85. The van der Waals surface area contributed by atoms with Crippen molar-refractivity contribution in [3.8, 4) is 0 Å². The molecule has 1 N–H and O–H groups in total. The number of nitrogens with one attached hydrogen (secondary N) is 1. The summed E-state index contributed by atoms with van der Waals surface area (Å²) in [4.78, 5) is 1.81. The molecule has 0 spiro atoms. The Kier molecular flexibility index (Phi) is 6.12. The van der Waals surface area contributed by atoms with Crippen LogP contribution in [0, 0.1) is 5.92 Å². The summed E-state index contributed by atoms with van der Waals surface area (Å²) in [7, 11) is 0. The number of nitrogens with zero attached hydrogens (tertiary/aromatic N) is 1. The number of likely N-dealkylation sites (tertiary alicyclic amines) is 1. The van der Waals surface area contributed by atoms with E-state index >= 15 is 0 Å². The van der Waals surface area contributed by atoms with Crippen molar-refractivity contribution >= 4 is 0 Å². The third kappa shape index (κ3) is 7.33. The number of rotatable bonds is 5.